The number of nitrogens with one attached hydrogen (secondary N) is 2. The summed E-state index contributed by atoms with van der Waals surface area (Å²) in [7, 11) is 0. The minimum absolute atomic E-state index is 0. The van der Waals surface area contributed by atoms with E-state index < -0.39 is 0 Å². The molecule has 0 radical (unpaired) electrons. The van der Waals surface area contributed by atoms with Crippen LogP contribution in [0.15, 0.2) is 40.8 Å². The Hall–Kier alpha value is -1.15. The molecule has 0 aromatic carbocycles. The number of hydrogen-bond donors (Lipinski definition) is 2. The lowest BCUT2D eigenvalue weighted by atomic mass is 10.1. The summed E-state index contributed by atoms with van der Waals surface area (Å²) in [6.45, 7) is 8.92. The van der Waals surface area contributed by atoms with Gasteiger partial charge in [0.15, 0.2) is 5.96 Å². The maximum atomic E-state index is 4.72. The third-order valence-corrected chi connectivity index (χ3v) is 4.61. The summed E-state index contributed by atoms with van der Waals surface area (Å²) in [6, 6.07) is 8.50. The van der Waals surface area contributed by atoms with Gasteiger partial charge in [-0.25, -0.2) is 0 Å². The van der Waals surface area contributed by atoms with Crippen molar-refractivity contribution < 1.29 is 0 Å². The van der Waals surface area contributed by atoms with Crippen LogP contribution < -0.4 is 10.6 Å². The SMILES string of the molecule is CCNC(=NCC(C)Cc1cccs1)NCCc1ccc(C)nc1.I. The summed E-state index contributed by atoms with van der Waals surface area (Å²) in [5.41, 5.74) is 2.30. The Morgan fingerprint density at radius 1 is 1.28 bits per heavy atom. The molecule has 1 unspecified atom stereocenters. The molecule has 1 atom stereocenters. The second kappa shape index (κ2) is 12.2. The van der Waals surface area contributed by atoms with E-state index in [2.05, 4.69) is 59.1 Å². The Labute approximate surface area is 172 Å². The highest BCUT2D eigenvalue weighted by Gasteiger charge is 2.05. The van der Waals surface area contributed by atoms with Crippen LogP contribution >= 0.6 is 35.3 Å². The van der Waals surface area contributed by atoms with Gasteiger partial charge in [-0.1, -0.05) is 19.1 Å². The molecular weight excluding hydrogens is 443 g/mol. The molecule has 0 spiro atoms. The predicted molar refractivity (Wildman–Crippen MR) is 119 cm³/mol. The molecule has 0 saturated carbocycles. The number of halogens is 1. The van der Waals surface area contributed by atoms with E-state index in [1.54, 1.807) is 0 Å². The molecule has 0 amide bonds. The molecular formula is C19H29IN4S. The predicted octanol–water partition coefficient (Wildman–Crippen LogP) is 4.05. The van der Waals surface area contributed by atoms with Crippen molar-refractivity contribution in [2.45, 2.75) is 33.6 Å². The van der Waals surface area contributed by atoms with E-state index in [4.69, 9.17) is 4.99 Å². The topological polar surface area (TPSA) is 49.3 Å². The molecule has 6 heteroatoms. The number of hydrogen-bond acceptors (Lipinski definition) is 3. The summed E-state index contributed by atoms with van der Waals surface area (Å²) in [5, 5.41) is 8.87. The fraction of sp³-hybridized carbons (Fsp3) is 0.474. The van der Waals surface area contributed by atoms with Gasteiger partial charge in [-0.05, 0) is 55.7 Å². The van der Waals surface area contributed by atoms with Crippen LogP contribution in [0.5, 0.6) is 0 Å². The quantitative estimate of drug-likeness (QED) is 0.346. The molecule has 2 aromatic rings. The third kappa shape index (κ3) is 8.67. The van der Waals surface area contributed by atoms with E-state index in [0.29, 0.717) is 5.92 Å². The van der Waals surface area contributed by atoms with Gasteiger partial charge < -0.3 is 10.6 Å². The van der Waals surface area contributed by atoms with Crippen LogP contribution in [0.25, 0.3) is 0 Å². The van der Waals surface area contributed by atoms with E-state index >= 15 is 0 Å². The second-order valence-corrected chi connectivity index (χ2v) is 7.13. The van der Waals surface area contributed by atoms with Crippen LogP contribution in [0.3, 0.4) is 0 Å². The molecule has 2 N–H and O–H groups in total. The van der Waals surface area contributed by atoms with Crippen molar-refractivity contribution in [2.75, 3.05) is 19.6 Å². The lowest BCUT2D eigenvalue weighted by Gasteiger charge is -2.13. The van der Waals surface area contributed by atoms with Gasteiger partial charge in [0, 0.05) is 36.4 Å². The van der Waals surface area contributed by atoms with E-state index in [-0.39, 0.29) is 24.0 Å². The molecule has 0 saturated heterocycles. The van der Waals surface area contributed by atoms with E-state index in [0.717, 1.165) is 44.1 Å². The Morgan fingerprint density at radius 3 is 2.76 bits per heavy atom. The zero-order valence-corrected chi connectivity index (χ0v) is 18.4. The average Bonchev–Trinajstić information content (AvgIpc) is 3.07. The van der Waals surface area contributed by atoms with Crippen molar-refractivity contribution in [2.24, 2.45) is 10.9 Å². The van der Waals surface area contributed by atoms with Gasteiger partial charge in [0.25, 0.3) is 0 Å². The van der Waals surface area contributed by atoms with Gasteiger partial charge in [-0.3, -0.25) is 9.98 Å². The number of thiophene rings is 1. The largest absolute Gasteiger partial charge is 0.357 e. The van der Waals surface area contributed by atoms with Crippen molar-refractivity contribution >= 4 is 41.3 Å². The highest BCUT2D eigenvalue weighted by Crippen LogP contribution is 2.14. The van der Waals surface area contributed by atoms with Gasteiger partial charge >= 0.3 is 0 Å². The fourth-order valence-electron chi connectivity index (χ4n) is 2.40. The molecule has 138 valence electrons. The smallest absolute Gasteiger partial charge is 0.191 e. The van der Waals surface area contributed by atoms with Gasteiger partial charge in [0.1, 0.15) is 0 Å². The van der Waals surface area contributed by atoms with Crippen LogP contribution in [0.1, 0.15) is 30.0 Å². The minimum atomic E-state index is 0. The van der Waals surface area contributed by atoms with Crippen molar-refractivity contribution in [1.82, 2.24) is 15.6 Å². The highest BCUT2D eigenvalue weighted by atomic mass is 127. The molecule has 4 nitrogen and oxygen atoms in total. The normalized spacial score (nSPS) is 12.4. The summed E-state index contributed by atoms with van der Waals surface area (Å²) in [5.74, 6) is 1.44. The average molecular weight is 472 g/mol. The molecule has 0 fully saturated rings. The summed E-state index contributed by atoms with van der Waals surface area (Å²) >= 11 is 1.82. The lowest BCUT2D eigenvalue weighted by molar-refractivity contribution is 0.595. The first-order chi connectivity index (χ1) is 11.7. The van der Waals surface area contributed by atoms with Gasteiger partial charge in [0.05, 0.1) is 0 Å². The first-order valence-electron chi connectivity index (χ1n) is 8.63. The fourth-order valence-corrected chi connectivity index (χ4v) is 3.27. The third-order valence-electron chi connectivity index (χ3n) is 3.71. The first kappa shape index (κ1) is 21.9. The van der Waals surface area contributed by atoms with E-state index in [1.807, 2.05) is 24.5 Å². The number of nitrogens with zero attached hydrogens (tertiary/aromatic N) is 2. The Bertz CT molecular complexity index is 611. The Morgan fingerprint density at radius 2 is 2.12 bits per heavy atom. The molecule has 0 bridgehead atoms. The van der Waals surface area contributed by atoms with Crippen molar-refractivity contribution in [3.05, 3.63) is 52.0 Å². The highest BCUT2D eigenvalue weighted by molar-refractivity contribution is 14.0. The zero-order valence-electron chi connectivity index (χ0n) is 15.3. The lowest BCUT2D eigenvalue weighted by Crippen LogP contribution is -2.38. The molecule has 2 aromatic heterocycles. The van der Waals surface area contributed by atoms with Crippen LogP contribution in [0.2, 0.25) is 0 Å². The van der Waals surface area contributed by atoms with Crippen LogP contribution in [0, 0.1) is 12.8 Å². The Balaban J connectivity index is 0.00000312. The van der Waals surface area contributed by atoms with Crippen molar-refractivity contribution in [1.29, 1.82) is 0 Å². The second-order valence-electron chi connectivity index (χ2n) is 6.09. The van der Waals surface area contributed by atoms with Crippen LogP contribution in [-0.4, -0.2) is 30.6 Å². The molecule has 2 heterocycles. The van der Waals surface area contributed by atoms with Gasteiger partial charge in [-0.15, -0.1) is 35.3 Å². The zero-order chi connectivity index (χ0) is 17.2. The number of rotatable bonds is 8. The van der Waals surface area contributed by atoms with Crippen LogP contribution in [0.4, 0.5) is 0 Å². The summed E-state index contributed by atoms with van der Waals surface area (Å²) in [4.78, 5) is 10.5. The maximum absolute atomic E-state index is 4.72. The number of guanidine groups is 1. The van der Waals surface area contributed by atoms with E-state index in [1.165, 1.54) is 10.4 Å². The van der Waals surface area contributed by atoms with Gasteiger partial charge in [0.2, 0.25) is 0 Å². The molecule has 0 aliphatic rings. The molecule has 0 aliphatic heterocycles. The number of pyridine rings is 1. The number of aromatic nitrogens is 1. The monoisotopic (exact) mass is 472 g/mol. The molecule has 0 aliphatic carbocycles. The Kier molecular flexibility index (Phi) is 10.7. The number of aliphatic imine (C=N–C) groups is 1. The standard InChI is InChI=1S/C19H28N4S.HI/c1-4-20-19(21-10-9-17-8-7-16(3)22-14-17)23-13-15(2)12-18-6-5-11-24-18;/h5-8,11,14-15H,4,9-10,12-13H2,1-3H3,(H2,20,21,23);1H. The first-order valence-corrected chi connectivity index (χ1v) is 9.51. The molecule has 2 rings (SSSR count). The van der Waals surface area contributed by atoms with Gasteiger partial charge in [-0.2, -0.15) is 0 Å². The summed E-state index contributed by atoms with van der Waals surface area (Å²) in [6.07, 6.45) is 3.99. The molecule has 25 heavy (non-hydrogen) atoms. The number of aryl methyl sites for hydroxylation is 1. The summed E-state index contributed by atoms with van der Waals surface area (Å²) < 4.78 is 0. The van der Waals surface area contributed by atoms with Crippen molar-refractivity contribution in [3.63, 3.8) is 0 Å². The van der Waals surface area contributed by atoms with Crippen molar-refractivity contribution in [3.8, 4) is 0 Å². The van der Waals surface area contributed by atoms with E-state index in [9.17, 15) is 0 Å². The van der Waals surface area contributed by atoms with Crippen LogP contribution in [-0.2, 0) is 12.8 Å². The maximum Gasteiger partial charge on any atom is 0.191 e. The minimum Gasteiger partial charge on any atom is -0.357 e.